The number of piperidine rings is 1. The van der Waals surface area contributed by atoms with E-state index in [0.29, 0.717) is 12.6 Å². The highest BCUT2D eigenvalue weighted by Crippen LogP contribution is 2.30. The van der Waals surface area contributed by atoms with Crippen molar-refractivity contribution in [2.75, 3.05) is 6.54 Å². The molecule has 24 heavy (non-hydrogen) atoms. The minimum Gasteiger partial charge on any atom is -0.352 e. The molecule has 126 valence electrons. The second-order valence-corrected chi connectivity index (χ2v) is 7.43. The molecule has 0 saturated carbocycles. The lowest BCUT2D eigenvalue weighted by Gasteiger charge is -2.27. The maximum absolute atomic E-state index is 12.4. The third-order valence-corrected chi connectivity index (χ3v) is 5.52. The summed E-state index contributed by atoms with van der Waals surface area (Å²) in [4.78, 5) is 14.8. The molecular formula is C20H24N2OS. The van der Waals surface area contributed by atoms with Crippen molar-refractivity contribution in [1.29, 1.82) is 0 Å². The fourth-order valence-corrected chi connectivity index (χ4v) is 4.03. The Bertz CT molecular complexity index is 674. The first-order chi connectivity index (χ1) is 11.7. The summed E-state index contributed by atoms with van der Waals surface area (Å²) in [6.45, 7) is 3.66. The van der Waals surface area contributed by atoms with Gasteiger partial charge in [-0.1, -0.05) is 48.2 Å². The van der Waals surface area contributed by atoms with E-state index < -0.39 is 0 Å². The highest BCUT2D eigenvalue weighted by atomic mass is 32.2. The monoisotopic (exact) mass is 340 g/mol. The van der Waals surface area contributed by atoms with Crippen LogP contribution in [0.5, 0.6) is 0 Å². The minimum atomic E-state index is 0.134. The molecule has 1 aliphatic rings. The zero-order valence-corrected chi connectivity index (χ0v) is 14.8. The molecule has 1 saturated heterocycles. The van der Waals surface area contributed by atoms with Gasteiger partial charge in [0.15, 0.2) is 0 Å². The van der Waals surface area contributed by atoms with Gasteiger partial charge in [-0.05, 0) is 50.1 Å². The van der Waals surface area contributed by atoms with E-state index in [2.05, 4.69) is 41.8 Å². The third kappa shape index (κ3) is 4.62. The van der Waals surface area contributed by atoms with Crippen LogP contribution in [-0.4, -0.2) is 18.5 Å². The molecule has 1 amide bonds. The van der Waals surface area contributed by atoms with E-state index in [-0.39, 0.29) is 11.8 Å². The molecule has 2 aromatic carbocycles. The van der Waals surface area contributed by atoms with Gasteiger partial charge in [-0.3, -0.25) is 4.79 Å². The second kappa shape index (κ2) is 8.36. The lowest BCUT2D eigenvalue weighted by atomic mass is 9.92. The Balaban J connectivity index is 1.62. The van der Waals surface area contributed by atoms with Gasteiger partial charge in [0.05, 0.1) is 0 Å². The van der Waals surface area contributed by atoms with Crippen molar-refractivity contribution in [3.05, 3.63) is 60.2 Å². The molecular weight excluding hydrogens is 316 g/mol. The van der Waals surface area contributed by atoms with Crippen molar-refractivity contribution >= 4 is 17.7 Å². The van der Waals surface area contributed by atoms with E-state index in [1.165, 1.54) is 15.4 Å². The molecule has 2 atom stereocenters. The summed E-state index contributed by atoms with van der Waals surface area (Å²) < 4.78 is 0. The van der Waals surface area contributed by atoms with Crippen LogP contribution in [0.4, 0.5) is 0 Å². The maximum atomic E-state index is 12.4. The average Bonchev–Trinajstić information content (AvgIpc) is 2.61. The minimum absolute atomic E-state index is 0.134. The molecule has 1 fully saturated rings. The summed E-state index contributed by atoms with van der Waals surface area (Å²) in [5, 5.41) is 6.53. The summed E-state index contributed by atoms with van der Waals surface area (Å²) in [6, 6.07) is 19.0. The summed E-state index contributed by atoms with van der Waals surface area (Å²) in [7, 11) is 0. The van der Waals surface area contributed by atoms with E-state index in [9.17, 15) is 4.79 Å². The van der Waals surface area contributed by atoms with Crippen molar-refractivity contribution in [3.8, 4) is 0 Å². The van der Waals surface area contributed by atoms with Crippen molar-refractivity contribution in [3.63, 3.8) is 0 Å². The van der Waals surface area contributed by atoms with Gasteiger partial charge in [0.25, 0.3) is 0 Å². The summed E-state index contributed by atoms with van der Waals surface area (Å²) in [5.41, 5.74) is 1.17. The van der Waals surface area contributed by atoms with Gasteiger partial charge < -0.3 is 10.6 Å². The van der Waals surface area contributed by atoms with E-state index in [0.717, 1.165) is 19.4 Å². The largest absolute Gasteiger partial charge is 0.352 e. The van der Waals surface area contributed by atoms with E-state index >= 15 is 0 Å². The molecule has 2 aromatic rings. The Morgan fingerprint density at radius 2 is 1.92 bits per heavy atom. The Hall–Kier alpha value is -1.78. The van der Waals surface area contributed by atoms with Crippen LogP contribution in [0, 0.1) is 5.92 Å². The smallest absolute Gasteiger partial charge is 0.223 e. The number of benzene rings is 2. The molecule has 0 radical (unpaired) electrons. The number of amides is 1. The lowest BCUT2D eigenvalue weighted by molar-refractivity contribution is -0.126. The highest BCUT2D eigenvalue weighted by molar-refractivity contribution is 7.99. The van der Waals surface area contributed by atoms with Gasteiger partial charge in [-0.2, -0.15) is 0 Å². The van der Waals surface area contributed by atoms with Crippen LogP contribution in [0.3, 0.4) is 0 Å². The first-order valence-electron chi connectivity index (χ1n) is 8.54. The predicted molar refractivity (Wildman–Crippen MR) is 99.0 cm³/mol. The summed E-state index contributed by atoms with van der Waals surface area (Å²) in [6.07, 6.45) is 1.85. The van der Waals surface area contributed by atoms with Gasteiger partial charge in [-0.15, -0.1) is 0 Å². The molecule has 2 N–H and O–H groups in total. The van der Waals surface area contributed by atoms with Crippen LogP contribution in [0.15, 0.2) is 64.4 Å². The van der Waals surface area contributed by atoms with Crippen LogP contribution in [0.2, 0.25) is 0 Å². The normalized spacial score (nSPS) is 20.5. The van der Waals surface area contributed by atoms with Crippen LogP contribution >= 0.6 is 11.8 Å². The van der Waals surface area contributed by atoms with Gasteiger partial charge in [0, 0.05) is 28.3 Å². The number of hydrogen-bond donors (Lipinski definition) is 2. The van der Waals surface area contributed by atoms with Gasteiger partial charge >= 0.3 is 0 Å². The Morgan fingerprint density at radius 3 is 2.71 bits per heavy atom. The SMILES string of the molecule is C[C@H]1C[C@@H](C(=O)NCc2ccccc2Sc2ccccc2)CCN1. The number of hydrogen-bond acceptors (Lipinski definition) is 3. The molecule has 3 nitrogen and oxygen atoms in total. The number of carbonyl (C=O) groups excluding carboxylic acids is 1. The maximum Gasteiger partial charge on any atom is 0.223 e. The standard InChI is InChI=1S/C20H24N2OS/c1-15-13-16(11-12-21-15)20(23)22-14-17-7-5-6-10-19(17)24-18-8-3-2-4-9-18/h2-10,15-16,21H,11-14H2,1H3,(H,22,23)/t15-,16-/m0/s1. The molecule has 0 unspecified atom stereocenters. The van der Waals surface area contributed by atoms with Crippen LogP contribution in [0.25, 0.3) is 0 Å². The van der Waals surface area contributed by atoms with Gasteiger partial charge in [0.2, 0.25) is 5.91 Å². The van der Waals surface area contributed by atoms with Crippen molar-refractivity contribution in [2.24, 2.45) is 5.92 Å². The molecule has 3 rings (SSSR count). The third-order valence-electron chi connectivity index (χ3n) is 4.39. The van der Waals surface area contributed by atoms with Crippen LogP contribution in [-0.2, 0) is 11.3 Å². The Morgan fingerprint density at radius 1 is 1.17 bits per heavy atom. The zero-order chi connectivity index (χ0) is 16.8. The molecule has 0 bridgehead atoms. The molecule has 1 aliphatic heterocycles. The average molecular weight is 340 g/mol. The zero-order valence-electron chi connectivity index (χ0n) is 14.0. The first-order valence-corrected chi connectivity index (χ1v) is 9.36. The predicted octanol–water partition coefficient (Wildman–Crippen LogP) is 3.84. The summed E-state index contributed by atoms with van der Waals surface area (Å²) in [5.74, 6) is 0.318. The molecule has 0 aromatic heterocycles. The Labute approximate surface area is 148 Å². The lowest BCUT2D eigenvalue weighted by Crippen LogP contribution is -2.42. The van der Waals surface area contributed by atoms with Crippen LogP contribution in [0.1, 0.15) is 25.3 Å². The topological polar surface area (TPSA) is 41.1 Å². The van der Waals surface area contributed by atoms with Crippen LogP contribution < -0.4 is 10.6 Å². The first kappa shape index (κ1) is 17.1. The fourth-order valence-electron chi connectivity index (χ4n) is 3.06. The number of nitrogens with one attached hydrogen (secondary N) is 2. The van der Waals surface area contributed by atoms with Gasteiger partial charge in [-0.25, -0.2) is 0 Å². The Kier molecular flexibility index (Phi) is 5.94. The summed E-state index contributed by atoms with van der Waals surface area (Å²) >= 11 is 1.74. The van der Waals surface area contributed by atoms with Crippen molar-refractivity contribution in [1.82, 2.24) is 10.6 Å². The fraction of sp³-hybridized carbons (Fsp3) is 0.350. The quantitative estimate of drug-likeness (QED) is 0.869. The molecule has 4 heteroatoms. The van der Waals surface area contributed by atoms with E-state index in [1.54, 1.807) is 11.8 Å². The molecule has 1 heterocycles. The highest BCUT2D eigenvalue weighted by Gasteiger charge is 2.24. The van der Waals surface area contributed by atoms with Gasteiger partial charge in [0.1, 0.15) is 0 Å². The number of rotatable bonds is 5. The molecule has 0 spiro atoms. The van der Waals surface area contributed by atoms with Crippen molar-refractivity contribution in [2.45, 2.75) is 42.1 Å². The number of carbonyl (C=O) groups is 1. The second-order valence-electron chi connectivity index (χ2n) is 6.32. The van der Waals surface area contributed by atoms with Crippen molar-refractivity contribution < 1.29 is 4.79 Å². The van der Waals surface area contributed by atoms with E-state index in [4.69, 9.17) is 0 Å². The van der Waals surface area contributed by atoms with E-state index in [1.807, 2.05) is 30.3 Å². The molecule has 0 aliphatic carbocycles.